The van der Waals surface area contributed by atoms with Gasteiger partial charge in [0.25, 0.3) is 0 Å². The molecule has 2 rings (SSSR count). The zero-order chi connectivity index (χ0) is 13.0. The molecule has 1 aliphatic heterocycles. The molecule has 0 radical (unpaired) electrons. The summed E-state index contributed by atoms with van der Waals surface area (Å²) in [4.78, 5) is 0. The minimum Gasteiger partial charge on any atom is -0.501 e. The van der Waals surface area contributed by atoms with E-state index in [9.17, 15) is 4.39 Å². The van der Waals surface area contributed by atoms with Crippen molar-refractivity contribution in [1.29, 1.82) is 0 Å². The van der Waals surface area contributed by atoms with Gasteiger partial charge < -0.3 is 10.1 Å². The van der Waals surface area contributed by atoms with Crippen LogP contribution in [0.2, 0.25) is 0 Å². The second kappa shape index (κ2) is 6.01. The molecule has 0 spiro atoms. The molecule has 0 fully saturated rings. The number of hydrogen-bond donors (Lipinski definition) is 1. The zero-order valence-corrected chi connectivity index (χ0v) is 11.0. The lowest BCUT2D eigenvalue weighted by Crippen LogP contribution is -2.25. The lowest BCUT2D eigenvalue weighted by atomic mass is 9.94. The molecule has 1 atom stereocenters. The molecule has 0 aromatic heterocycles. The van der Waals surface area contributed by atoms with Crippen LogP contribution in [-0.2, 0) is 4.74 Å². The van der Waals surface area contributed by atoms with Gasteiger partial charge in [-0.2, -0.15) is 0 Å². The van der Waals surface area contributed by atoms with Gasteiger partial charge >= 0.3 is 0 Å². The molecule has 3 heteroatoms. The minimum absolute atomic E-state index is 0.0732. The van der Waals surface area contributed by atoms with Gasteiger partial charge in [-0.15, -0.1) is 0 Å². The van der Waals surface area contributed by atoms with Crippen molar-refractivity contribution in [1.82, 2.24) is 5.32 Å². The largest absolute Gasteiger partial charge is 0.501 e. The number of halogens is 1. The Balaban J connectivity index is 2.31. The molecule has 1 aromatic carbocycles. The van der Waals surface area contributed by atoms with Crippen molar-refractivity contribution in [3.8, 4) is 0 Å². The third-order valence-electron chi connectivity index (χ3n) is 3.21. The van der Waals surface area contributed by atoms with Gasteiger partial charge in [0.1, 0.15) is 5.82 Å². The Hall–Kier alpha value is -1.35. The Morgan fingerprint density at radius 3 is 2.89 bits per heavy atom. The molecule has 1 N–H and O–H groups in total. The average molecular weight is 249 g/mol. The van der Waals surface area contributed by atoms with Crippen LogP contribution in [0.4, 0.5) is 4.39 Å². The third-order valence-corrected chi connectivity index (χ3v) is 3.21. The van der Waals surface area contributed by atoms with Gasteiger partial charge in [0.2, 0.25) is 0 Å². The van der Waals surface area contributed by atoms with E-state index in [4.69, 9.17) is 4.74 Å². The van der Waals surface area contributed by atoms with Gasteiger partial charge in [0.15, 0.2) is 0 Å². The Kier molecular flexibility index (Phi) is 4.37. The molecule has 0 amide bonds. The normalized spacial score (nSPS) is 16.9. The maximum Gasteiger partial charge on any atom is 0.128 e. The monoisotopic (exact) mass is 249 g/mol. The molecule has 0 saturated heterocycles. The quantitative estimate of drug-likeness (QED) is 0.882. The summed E-state index contributed by atoms with van der Waals surface area (Å²) in [6, 6.07) is 5.33. The molecule has 0 bridgehead atoms. The summed E-state index contributed by atoms with van der Waals surface area (Å²) >= 11 is 0. The molecule has 0 aliphatic carbocycles. The standard InChI is InChI=1S/C15H20FNO/c1-3-17-15(12-5-4-8-18-10-12)13-7-6-11(2)9-14(13)16/h6-7,9-10,15,17H,3-5,8H2,1-2H3. The molecule has 18 heavy (non-hydrogen) atoms. The number of benzene rings is 1. The first-order chi connectivity index (χ1) is 8.72. The van der Waals surface area contributed by atoms with Crippen LogP contribution in [0, 0.1) is 12.7 Å². The fraction of sp³-hybridized carbons (Fsp3) is 0.467. The number of hydrogen-bond acceptors (Lipinski definition) is 2. The summed E-state index contributed by atoms with van der Waals surface area (Å²) < 4.78 is 19.4. The van der Waals surface area contributed by atoms with Gasteiger partial charge in [0.05, 0.1) is 18.9 Å². The van der Waals surface area contributed by atoms with Gasteiger partial charge in [-0.05, 0) is 43.5 Å². The van der Waals surface area contributed by atoms with Gasteiger partial charge in [-0.1, -0.05) is 19.1 Å². The van der Waals surface area contributed by atoms with Crippen molar-refractivity contribution in [2.45, 2.75) is 32.7 Å². The van der Waals surface area contributed by atoms with Crippen LogP contribution in [0.15, 0.2) is 30.0 Å². The molecule has 1 heterocycles. The second-order valence-electron chi connectivity index (χ2n) is 4.68. The molecule has 1 aromatic rings. The summed E-state index contributed by atoms with van der Waals surface area (Å²) in [6.07, 6.45) is 3.75. The van der Waals surface area contributed by atoms with E-state index in [1.165, 1.54) is 0 Å². The Labute approximate surface area is 108 Å². The van der Waals surface area contributed by atoms with Crippen LogP contribution >= 0.6 is 0 Å². The highest BCUT2D eigenvalue weighted by Crippen LogP contribution is 2.29. The van der Waals surface area contributed by atoms with Crippen molar-refractivity contribution >= 4 is 0 Å². The summed E-state index contributed by atoms with van der Waals surface area (Å²) in [7, 11) is 0. The van der Waals surface area contributed by atoms with E-state index in [1.54, 1.807) is 12.3 Å². The van der Waals surface area contributed by atoms with Crippen molar-refractivity contribution in [3.05, 3.63) is 47.0 Å². The number of rotatable bonds is 4. The third kappa shape index (κ3) is 2.91. The topological polar surface area (TPSA) is 21.3 Å². The molecule has 1 unspecified atom stereocenters. The van der Waals surface area contributed by atoms with E-state index in [0.717, 1.165) is 37.1 Å². The van der Waals surface area contributed by atoms with E-state index in [2.05, 4.69) is 5.32 Å². The lowest BCUT2D eigenvalue weighted by Gasteiger charge is -2.24. The maximum absolute atomic E-state index is 14.1. The Morgan fingerprint density at radius 1 is 1.44 bits per heavy atom. The highest BCUT2D eigenvalue weighted by atomic mass is 19.1. The molecular formula is C15H20FNO. The zero-order valence-electron chi connectivity index (χ0n) is 11.0. The fourth-order valence-electron chi connectivity index (χ4n) is 2.31. The van der Waals surface area contributed by atoms with Crippen molar-refractivity contribution in [2.24, 2.45) is 0 Å². The first-order valence-electron chi connectivity index (χ1n) is 6.52. The summed E-state index contributed by atoms with van der Waals surface area (Å²) in [5.74, 6) is -0.146. The number of aryl methyl sites for hydroxylation is 1. The number of nitrogens with one attached hydrogen (secondary N) is 1. The SMILES string of the molecule is CCNC(C1=COCCC1)c1ccc(C)cc1F. The predicted molar refractivity (Wildman–Crippen MR) is 70.8 cm³/mol. The molecule has 98 valence electrons. The van der Waals surface area contributed by atoms with Crippen molar-refractivity contribution in [3.63, 3.8) is 0 Å². The van der Waals surface area contributed by atoms with Gasteiger partial charge in [-0.25, -0.2) is 4.39 Å². The minimum atomic E-state index is -0.146. The summed E-state index contributed by atoms with van der Waals surface area (Å²) in [5.41, 5.74) is 2.78. The van der Waals surface area contributed by atoms with E-state index >= 15 is 0 Å². The maximum atomic E-state index is 14.1. The number of ether oxygens (including phenoxy) is 1. The first-order valence-corrected chi connectivity index (χ1v) is 6.52. The lowest BCUT2D eigenvalue weighted by molar-refractivity contribution is 0.219. The van der Waals surface area contributed by atoms with Crippen LogP contribution in [-0.4, -0.2) is 13.2 Å². The summed E-state index contributed by atoms with van der Waals surface area (Å²) in [6.45, 7) is 5.50. The van der Waals surface area contributed by atoms with E-state index in [0.29, 0.717) is 5.56 Å². The first kappa shape index (κ1) is 13.1. The van der Waals surface area contributed by atoms with E-state index in [-0.39, 0.29) is 11.9 Å². The van der Waals surface area contributed by atoms with Crippen molar-refractivity contribution < 1.29 is 9.13 Å². The van der Waals surface area contributed by atoms with Gasteiger partial charge in [0, 0.05) is 5.56 Å². The molecule has 2 nitrogen and oxygen atoms in total. The Morgan fingerprint density at radius 2 is 2.28 bits per heavy atom. The predicted octanol–water partition coefficient (Wildman–Crippen LogP) is 3.48. The number of likely N-dealkylation sites (N-methyl/N-ethyl adjacent to an activating group) is 1. The average Bonchev–Trinajstić information content (AvgIpc) is 2.38. The highest BCUT2D eigenvalue weighted by Gasteiger charge is 2.21. The van der Waals surface area contributed by atoms with Gasteiger partial charge in [-0.3, -0.25) is 0 Å². The van der Waals surface area contributed by atoms with E-state index in [1.807, 2.05) is 26.0 Å². The van der Waals surface area contributed by atoms with Crippen LogP contribution < -0.4 is 5.32 Å². The molecule has 0 saturated carbocycles. The second-order valence-corrected chi connectivity index (χ2v) is 4.68. The molecule has 1 aliphatic rings. The van der Waals surface area contributed by atoms with Crippen molar-refractivity contribution in [2.75, 3.05) is 13.2 Å². The highest BCUT2D eigenvalue weighted by molar-refractivity contribution is 5.32. The van der Waals surface area contributed by atoms with Crippen LogP contribution in [0.25, 0.3) is 0 Å². The van der Waals surface area contributed by atoms with E-state index < -0.39 is 0 Å². The fourth-order valence-corrected chi connectivity index (χ4v) is 2.31. The van der Waals surface area contributed by atoms with Crippen LogP contribution in [0.3, 0.4) is 0 Å². The molecular weight excluding hydrogens is 229 g/mol. The smallest absolute Gasteiger partial charge is 0.128 e. The van der Waals surface area contributed by atoms with Crippen LogP contribution in [0.5, 0.6) is 0 Å². The summed E-state index contributed by atoms with van der Waals surface area (Å²) in [5, 5.41) is 3.34. The Bertz CT molecular complexity index is 442. The van der Waals surface area contributed by atoms with Crippen LogP contribution in [0.1, 0.15) is 36.9 Å².